The Bertz CT molecular complexity index is 787. The van der Waals surface area contributed by atoms with Gasteiger partial charge in [0.15, 0.2) is 0 Å². The number of piperazine rings is 1. The molecule has 1 aromatic heterocycles. The van der Waals surface area contributed by atoms with E-state index in [9.17, 15) is 8.42 Å². The number of ether oxygens (including phenoxy) is 1. The molecule has 27 heavy (non-hydrogen) atoms. The highest BCUT2D eigenvalue weighted by atomic mass is 32.2. The Hall–Kier alpha value is -0.850. The van der Waals surface area contributed by atoms with Crippen molar-refractivity contribution in [1.29, 1.82) is 0 Å². The van der Waals surface area contributed by atoms with Crippen LogP contribution in [0, 0.1) is 4.77 Å². The van der Waals surface area contributed by atoms with Crippen LogP contribution in [0.2, 0.25) is 0 Å². The molecule has 9 nitrogen and oxygen atoms in total. The van der Waals surface area contributed by atoms with E-state index in [-0.39, 0.29) is 18.1 Å². The lowest BCUT2D eigenvalue weighted by Gasteiger charge is -2.40. The van der Waals surface area contributed by atoms with Crippen LogP contribution in [0.1, 0.15) is 39.4 Å². The SMILES string of the molecule is CC(C)c1nc(=S)n(CN2CCN(S(=O)(=O)N3C[C@@H](C)O[C@@H](C)C3)CC2)[nH]1. The van der Waals surface area contributed by atoms with Crippen LogP contribution in [0.25, 0.3) is 0 Å². The molecule has 11 heteroatoms. The first-order chi connectivity index (χ1) is 12.7. The molecule has 0 aliphatic carbocycles. The van der Waals surface area contributed by atoms with Crippen LogP contribution in [0.4, 0.5) is 0 Å². The fraction of sp³-hybridized carbons (Fsp3) is 0.875. The second-order valence-corrected chi connectivity index (χ2v) is 10.0. The molecule has 2 aliphatic rings. The minimum Gasteiger partial charge on any atom is -0.373 e. The zero-order valence-corrected chi connectivity index (χ0v) is 18.1. The van der Waals surface area contributed by atoms with Gasteiger partial charge in [-0.2, -0.15) is 17.0 Å². The fourth-order valence-corrected chi connectivity index (χ4v) is 5.46. The van der Waals surface area contributed by atoms with Gasteiger partial charge in [0.25, 0.3) is 10.2 Å². The Kier molecular flexibility index (Phi) is 6.38. The van der Waals surface area contributed by atoms with Crippen molar-refractivity contribution >= 4 is 22.4 Å². The van der Waals surface area contributed by atoms with E-state index in [0.717, 1.165) is 5.82 Å². The molecule has 0 bridgehead atoms. The van der Waals surface area contributed by atoms with Crippen LogP contribution in [-0.2, 0) is 21.6 Å². The smallest absolute Gasteiger partial charge is 0.282 e. The van der Waals surface area contributed by atoms with E-state index < -0.39 is 10.2 Å². The maximum absolute atomic E-state index is 13.0. The molecule has 1 N–H and O–H groups in total. The molecule has 154 valence electrons. The average molecular weight is 419 g/mol. The van der Waals surface area contributed by atoms with E-state index in [4.69, 9.17) is 17.0 Å². The van der Waals surface area contributed by atoms with Crippen LogP contribution in [0.5, 0.6) is 0 Å². The summed E-state index contributed by atoms with van der Waals surface area (Å²) in [4.78, 5) is 6.57. The van der Waals surface area contributed by atoms with E-state index in [2.05, 4.69) is 28.8 Å². The number of H-pyrrole nitrogens is 1. The number of hydrogen-bond acceptors (Lipinski definition) is 6. The summed E-state index contributed by atoms with van der Waals surface area (Å²) >= 11 is 5.32. The Balaban J connectivity index is 1.59. The maximum Gasteiger partial charge on any atom is 0.282 e. The summed E-state index contributed by atoms with van der Waals surface area (Å²) in [6.45, 7) is 11.6. The molecular weight excluding hydrogens is 388 g/mol. The van der Waals surface area contributed by atoms with Crippen LogP contribution < -0.4 is 0 Å². The number of aromatic nitrogens is 3. The summed E-state index contributed by atoms with van der Waals surface area (Å²) in [5.41, 5.74) is 0. The normalized spacial score (nSPS) is 26.7. The highest BCUT2D eigenvalue weighted by molar-refractivity contribution is 7.86. The second kappa shape index (κ2) is 8.26. The number of aromatic amines is 1. The highest BCUT2D eigenvalue weighted by Gasteiger charge is 2.36. The summed E-state index contributed by atoms with van der Waals surface area (Å²) in [6, 6.07) is 0. The molecule has 0 unspecified atom stereocenters. The lowest BCUT2D eigenvalue weighted by molar-refractivity contribution is -0.0458. The van der Waals surface area contributed by atoms with Gasteiger partial charge in [0.2, 0.25) is 4.77 Å². The number of nitrogens with zero attached hydrogens (tertiary/aromatic N) is 5. The predicted molar refractivity (Wildman–Crippen MR) is 105 cm³/mol. The summed E-state index contributed by atoms with van der Waals surface area (Å²) in [5.74, 6) is 1.16. The maximum atomic E-state index is 13.0. The topological polar surface area (TPSA) is 86.7 Å². The molecule has 3 rings (SSSR count). The van der Waals surface area contributed by atoms with Crippen molar-refractivity contribution in [2.45, 2.75) is 52.5 Å². The van der Waals surface area contributed by atoms with Gasteiger partial charge in [0.1, 0.15) is 5.82 Å². The van der Waals surface area contributed by atoms with Crippen LogP contribution >= 0.6 is 12.2 Å². The van der Waals surface area contributed by atoms with E-state index in [1.54, 1.807) is 8.61 Å². The standard InChI is InChI=1S/C16H30N6O3S2/c1-12(2)15-17-16(26)22(18-15)11-19-5-7-20(8-6-19)27(23,24)21-9-13(3)25-14(4)10-21/h12-14H,5-11H2,1-4H3,(H,17,18,26)/t13-,14+. The molecule has 0 aromatic carbocycles. The minimum atomic E-state index is -3.45. The minimum absolute atomic E-state index is 0.0813. The van der Waals surface area contributed by atoms with Gasteiger partial charge in [-0.05, 0) is 26.1 Å². The van der Waals surface area contributed by atoms with Gasteiger partial charge in [-0.1, -0.05) is 13.8 Å². The summed E-state index contributed by atoms with van der Waals surface area (Å²) < 4.78 is 37.1. The monoisotopic (exact) mass is 418 g/mol. The number of morpholine rings is 1. The van der Waals surface area contributed by atoms with E-state index in [0.29, 0.717) is 50.7 Å². The van der Waals surface area contributed by atoms with Crippen molar-refractivity contribution in [3.63, 3.8) is 0 Å². The summed E-state index contributed by atoms with van der Waals surface area (Å²) in [7, 11) is -3.45. The lowest BCUT2D eigenvalue weighted by atomic mass is 10.2. The fourth-order valence-electron chi connectivity index (χ4n) is 3.51. The Morgan fingerprint density at radius 1 is 1.15 bits per heavy atom. The molecule has 0 radical (unpaired) electrons. The number of nitrogens with one attached hydrogen (secondary N) is 1. The molecule has 0 saturated carbocycles. The average Bonchev–Trinajstić information content (AvgIpc) is 2.95. The second-order valence-electron chi connectivity index (χ2n) is 7.71. The van der Waals surface area contributed by atoms with Crippen molar-refractivity contribution in [3.8, 4) is 0 Å². The lowest BCUT2D eigenvalue weighted by Crippen LogP contribution is -2.57. The largest absolute Gasteiger partial charge is 0.373 e. The van der Waals surface area contributed by atoms with Crippen LogP contribution in [0.15, 0.2) is 0 Å². The van der Waals surface area contributed by atoms with Crippen LogP contribution in [0.3, 0.4) is 0 Å². The van der Waals surface area contributed by atoms with Gasteiger partial charge < -0.3 is 4.74 Å². The molecule has 2 aliphatic heterocycles. The highest BCUT2D eigenvalue weighted by Crippen LogP contribution is 2.19. The van der Waals surface area contributed by atoms with E-state index in [1.807, 2.05) is 18.5 Å². The number of rotatable bonds is 5. The van der Waals surface area contributed by atoms with Crippen LogP contribution in [-0.4, -0.2) is 88.2 Å². The molecule has 0 amide bonds. The first-order valence-corrected chi connectivity index (χ1v) is 11.3. The zero-order valence-electron chi connectivity index (χ0n) is 16.5. The van der Waals surface area contributed by atoms with E-state index >= 15 is 0 Å². The summed E-state index contributed by atoms with van der Waals surface area (Å²) in [5, 5.41) is 3.24. The molecule has 2 atom stereocenters. The van der Waals surface area contributed by atoms with Crippen molar-refractivity contribution in [2.75, 3.05) is 39.3 Å². The first kappa shape index (κ1) is 20.9. The number of hydrogen-bond donors (Lipinski definition) is 1. The third-order valence-corrected chi connectivity index (χ3v) is 7.23. The third-order valence-electron chi connectivity index (χ3n) is 4.95. The molecular formula is C16H30N6O3S2. The van der Waals surface area contributed by atoms with Gasteiger partial charge >= 0.3 is 0 Å². The Morgan fingerprint density at radius 3 is 2.26 bits per heavy atom. The molecule has 3 heterocycles. The van der Waals surface area contributed by atoms with Crippen molar-refractivity contribution in [3.05, 3.63) is 10.6 Å². The van der Waals surface area contributed by atoms with Gasteiger partial charge in [0.05, 0.1) is 18.9 Å². The predicted octanol–water partition coefficient (Wildman–Crippen LogP) is 0.993. The zero-order chi connectivity index (χ0) is 19.8. The molecule has 2 fully saturated rings. The van der Waals surface area contributed by atoms with Gasteiger partial charge in [0, 0.05) is 45.2 Å². The quantitative estimate of drug-likeness (QED) is 0.718. The first-order valence-electron chi connectivity index (χ1n) is 9.46. The van der Waals surface area contributed by atoms with Gasteiger partial charge in [-0.3, -0.25) is 10.00 Å². The van der Waals surface area contributed by atoms with E-state index in [1.165, 1.54) is 0 Å². The van der Waals surface area contributed by atoms with Gasteiger partial charge in [-0.15, -0.1) is 0 Å². The van der Waals surface area contributed by atoms with Gasteiger partial charge in [-0.25, -0.2) is 9.67 Å². The van der Waals surface area contributed by atoms with Crippen molar-refractivity contribution in [1.82, 2.24) is 28.3 Å². The summed E-state index contributed by atoms with van der Waals surface area (Å²) in [6.07, 6.45) is -0.163. The molecule has 0 spiro atoms. The molecule has 1 aromatic rings. The van der Waals surface area contributed by atoms with Crippen molar-refractivity contribution < 1.29 is 13.2 Å². The Morgan fingerprint density at radius 2 is 1.74 bits per heavy atom. The third kappa shape index (κ3) is 4.77. The molecule has 2 saturated heterocycles. The Labute approximate surface area is 166 Å². The van der Waals surface area contributed by atoms with Crippen molar-refractivity contribution in [2.24, 2.45) is 0 Å².